The molecular weight excluding hydrogens is 190 g/mol. The van der Waals surface area contributed by atoms with Crippen LogP contribution >= 0.6 is 0 Å². The average Bonchev–Trinajstić information content (AvgIpc) is 2.26. The Morgan fingerprint density at radius 1 is 1.40 bits per heavy atom. The van der Waals surface area contributed by atoms with Gasteiger partial charge in [-0.1, -0.05) is 0 Å². The maximum Gasteiger partial charge on any atom is 0.0462 e. The number of aliphatic hydroxyl groups is 1. The van der Waals surface area contributed by atoms with Crippen LogP contribution in [0.2, 0.25) is 0 Å². The van der Waals surface area contributed by atoms with E-state index >= 15 is 0 Å². The Morgan fingerprint density at radius 3 is 3.00 bits per heavy atom. The highest BCUT2D eigenvalue weighted by molar-refractivity contribution is 4.72. The number of aliphatic hydroxyl groups excluding tert-OH is 1. The highest BCUT2D eigenvalue weighted by atomic mass is 16.5. The van der Waals surface area contributed by atoms with Crippen LogP contribution in [0, 0.1) is 5.92 Å². The van der Waals surface area contributed by atoms with Gasteiger partial charge < -0.3 is 14.7 Å². The van der Waals surface area contributed by atoms with Gasteiger partial charge in [-0.25, -0.2) is 0 Å². The monoisotopic (exact) mass is 215 g/mol. The van der Waals surface area contributed by atoms with E-state index < -0.39 is 0 Å². The van der Waals surface area contributed by atoms with E-state index in [9.17, 15) is 0 Å². The van der Waals surface area contributed by atoms with E-state index in [1.807, 2.05) is 0 Å². The topological polar surface area (TPSA) is 32.7 Å². The molecule has 1 N–H and O–H groups in total. The minimum atomic E-state index is 0.349. The first-order valence-electron chi connectivity index (χ1n) is 6.19. The first-order valence-corrected chi connectivity index (χ1v) is 6.19. The van der Waals surface area contributed by atoms with Crippen molar-refractivity contribution in [2.45, 2.75) is 32.1 Å². The van der Waals surface area contributed by atoms with Gasteiger partial charge in [0.1, 0.15) is 0 Å². The normalized spacial score (nSPS) is 23.2. The second-order valence-electron chi connectivity index (χ2n) is 4.52. The first-order chi connectivity index (χ1) is 7.36. The zero-order valence-electron chi connectivity index (χ0n) is 9.95. The lowest BCUT2D eigenvalue weighted by molar-refractivity contribution is 0.139. The molecule has 1 unspecified atom stereocenters. The molecule has 1 rings (SSSR count). The fraction of sp³-hybridized carbons (Fsp3) is 1.00. The van der Waals surface area contributed by atoms with Crippen LogP contribution in [0.4, 0.5) is 0 Å². The number of piperidine rings is 1. The number of rotatable bonds is 7. The van der Waals surface area contributed by atoms with Crippen LogP contribution in [0.15, 0.2) is 0 Å². The molecule has 1 heterocycles. The molecule has 1 aliphatic rings. The van der Waals surface area contributed by atoms with Gasteiger partial charge in [-0.15, -0.1) is 0 Å². The third-order valence-electron chi connectivity index (χ3n) is 3.21. The minimum absolute atomic E-state index is 0.349. The molecule has 0 aromatic carbocycles. The Labute approximate surface area is 93.4 Å². The molecule has 3 heteroatoms. The molecule has 0 saturated carbocycles. The van der Waals surface area contributed by atoms with Crippen molar-refractivity contribution in [3.05, 3.63) is 0 Å². The number of methoxy groups -OCH3 is 1. The van der Waals surface area contributed by atoms with E-state index in [2.05, 4.69) is 4.90 Å². The van der Waals surface area contributed by atoms with Crippen LogP contribution in [-0.4, -0.2) is 50.0 Å². The molecule has 0 aromatic rings. The second-order valence-corrected chi connectivity index (χ2v) is 4.52. The molecule has 0 aromatic heterocycles. The number of hydrogen-bond acceptors (Lipinski definition) is 3. The van der Waals surface area contributed by atoms with Gasteiger partial charge in [-0.2, -0.15) is 0 Å². The standard InChI is InChI=1S/C12H25NO2/c1-15-10-3-2-7-13-8-4-5-12(11-13)6-9-14/h12,14H,2-11H2,1H3. The maximum absolute atomic E-state index is 8.92. The summed E-state index contributed by atoms with van der Waals surface area (Å²) in [7, 11) is 1.76. The van der Waals surface area contributed by atoms with Crippen LogP contribution in [0.5, 0.6) is 0 Å². The molecule has 15 heavy (non-hydrogen) atoms. The Bertz CT molecular complexity index is 151. The highest BCUT2D eigenvalue weighted by Crippen LogP contribution is 2.19. The summed E-state index contributed by atoms with van der Waals surface area (Å²) in [6, 6.07) is 0. The average molecular weight is 215 g/mol. The van der Waals surface area contributed by atoms with Crippen molar-refractivity contribution < 1.29 is 9.84 Å². The molecule has 3 nitrogen and oxygen atoms in total. The van der Waals surface area contributed by atoms with Crippen LogP contribution < -0.4 is 0 Å². The summed E-state index contributed by atoms with van der Waals surface area (Å²) in [5.74, 6) is 0.728. The van der Waals surface area contributed by atoms with Gasteiger partial charge in [-0.3, -0.25) is 0 Å². The maximum atomic E-state index is 8.92. The van der Waals surface area contributed by atoms with E-state index in [4.69, 9.17) is 9.84 Å². The van der Waals surface area contributed by atoms with Crippen molar-refractivity contribution in [1.29, 1.82) is 0 Å². The second kappa shape index (κ2) is 8.08. The zero-order valence-corrected chi connectivity index (χ0v) is 9.95. The SMILES string of the molecule is COCCCCN1CCCC(CCO)C1. The minimum Gasteiger partial charge on any atom is -0.396 e. The molecule has 0 bridgehead atoms. The zero-order chi connectivity index (χ0) is 10.9. The molecule has 0 spiro atoms. The van der Waals surface area contributed by atoms with Crippen LogP contribution in [0.1, 0.15) is 32.1 Å². The van der Waals surface area contributed by atoms with Crippen molar-refractivity contribution >= 4 is 0 Å². The molecule has 0 amide bonds. The Hall–Kier alpha value is -0.120. The third-order valence-corrected chi connectivity index (χ3v) is 3.21. The van der Waals surface area contributed by atoms with E-state index in [-0.39, 0.29) is 0 Å². The van der Waals surface area contributed by atoms with Gasteiger partial charge in [0.15, 0.2) is 0 Å². The predicted octanol–water partition coefficient (Wildman–Crippen LogP) is 1.51. The van der Waals surface area contributed by atoms with Crippen molar-refractivity contribution in [3.63, 3.8) is 0 Å². The van der Waals surface area contributed by atoms with E-state index in [0.717, 1.165) is 25.4 Å². The Balaban J connectivity index is 2.07. The largest absolute Gasteiger partial charge is 0.396 e. The Morgan fingerprint density at radius 2 is 2.27 bits per heavy atom. The van der Waals surface area contributed by atoms with Crippen molar-refractivity contribution in [1.82, 2.24) is 4.90 Å². The highest BCUT2D eigenvalue weighted by Gasteiger charge is 2.18. The van der Waals surface area contributed by atoms with Gasteiger partial charge in [0.25, 0.3) is 0 Å². The fourth-order valence-electron chi connectivity index (χ4n) is 2.35. The molecule has 1 atom stereocenters. The summed E-state index contributed by atoms with van der Waals surface area (Å²) >= 11 is 0. The molecule has 0 aliphatic carbocycles. The van der Waals surface area contributed by atoms with Gasteiger partial charge in [-0.05, 0) is 51.1 Å². The quantitative estimate of drug-likeness (QED) is 0.653. The number of hydrogen-bond donors (Lipinski definition) is 1. The van der Waals surface area contributed by atoms with Gasteiger partial charge in [0.2, 0.25) is 0 Å². The van der Waals surface area contributed by atoms with Crippen LogP contribution in [-0.2, 0) is 4.74 Å². The lowest BCUT2D eigenvalue weighted by atomic mass is 9.95. The van der Waals surface area contributed by atoms with Crippen LogP contribution in [0.25, 0.3) is 0 Å². The van der Waals surface area contributed by atoms with Crippen molar-refractivity contribution in [2.75, 3.05) is 40.0 Å². The number of ether oxygens (including phenoxy) is 1. The first kappa shape index (κ1) is 12.9. The van der Waals surface area contributed by atoms with E-state index in [1.165, 1.54) is 38.9 Å². The number of nitrogens with zero attached hydrogens (tertiary/aromatic N) is 1. The molecule has 1 fully saturated rings. The number of unbranched alkanes of at least 4 members (excludes halogenated alkanes) is 1. The summed E-state index contributed by atoms with van der Waals surface area (Å²) in [5.41, 5.74) is 0. The smallest absolute Gasteiger partial charge is 0.0462 e. The fourth-order valence-corrected chi connectivity index (χ4v) is 2.35. The summed E-state index contributed by atoms with van der Waals surface area (Å²) in [4.78, 5) is 2.54. The third kappa shape index (κ3) is 5.50. The summed E-state index contributed by atoms with van der Waals surface area (Å²) in [5, 5.41) is 8.92. The molecule has 1 saturated heterocycles. The van der Waals surface area contributed by atoms with Gasteiger partial charge in [0.05, 0.1) is 0 Å². The lowest BCUT2D eigenvalue weighted by Gasteiger charge is -2.32. The molecule has 1 aliphatic heterocycles. The lowest BCUT2D eigenvalue weighted by Crippen LogP contribution is -2.36. The summed E-state index contributed by atoms with van der Waals surface area (Å²) < 4.78 is 5.04. The molecular formula is C12H25NO2. The van der Waals surface area contributed by atoms with Gasteiger partial charge >= 0.3 is 0 Å². The Kier molecular flexibility index (Phi) is 6.98. The van der Waals surface area contributed by atoms with Crippen molar-refractivity contribution in [2.24, 2.45) is 5.92 Å². The molecule has 0 radical (unpaired) electrons. The predicted molar refractivity (Wildman–Crippen MR) is 62.0 cm³/mol. The number of likely N-dealkylation sites (tertiary alicyclic amines) is 1. The van der Waals surface area contributed by atoms with E-state index in [1.54, 1.807) is 7.11 Å². The van der Waals surface area contributed by atoms with Gasteiger partial charge in [0, 0.05) is 26.9 Å². The van der Waals surface area contributed by atoms with E-state index in [0.29, 0.717) is 6.61 Å². The summed E-state index contributed by atoms with van der Waals surface area (Å²) in [6.45, 7) is 4.86. The van der Waals surface area contributed by atoms with Crippen molar-refractivity contribution in [3.8, 4) is 0 Å². The molecule has 90 valence electrons. The summed E-state index contributed by atoms with van der Waals surface area (Å²) in [6.07, 6.45) is 5.98. The van der Waals surface area contributed by atoms with Crippen LogP contribution in [0.3, 0.4) is 0 Å².